The van der Waals surface area contributed by atoms with Crippen molar-refractivity contribution in [1.82, 2.24) is 24.9 Å². The van der Waals surface area contributed by atoms with Gasteiger partial charge in [-0.3, -0.25) is 0 Å². The standard InChI is InChI=1S/C8H9N5O/c1-12(2)8(14)13-7-6(10-11-13)4-3-5-9-7/h3-5H,1-2H3. The number of rotatable bonds is 0. The molecule has 14 heavy (non-hydrogen) atoms. The van der Waals surface area contributed by atoms with E-state index in [9.17, 15) is 4.79 Å². The second kappa shape index (κ2) is 3.06. The lowest BCUT2D eigenvalue weighted by Gasteiger charge is -2.08. The maximum atomic E-state index is 11.6. The molecule has 2 heterocycles. The molecule has 2 rings (SSSR count). The van der Waals surface area contributed by atoms with Crippen molar-refractivity contribution in [1.29, 1.82) is 0 Å². The molecular formula is C8H9N5O. The van der Waals surface area contributed by atoms with E-state index in [2.05, 4.69) is 15.3 Å². The second-order valence-corrected chi connectivity index (χ2v) is 3.02. The highest BCUT2D eigenvalue weighted by Gasteiger charge is 2.13. The zero-order valence-electron chi connectivity index (χ0n) is 7.88. The summed E-state index contributed by atoms with van der Waals surface area (Å²) in [7, 11) is 3.30. The Hall–Kier alpha value is -1.98. The third kappa shape index (κ3) is 1.20. The third-order valence-corrected chi connectivity index (χ3v) is 1.77. The Morgan fingerprint density at radius 1 is 1.50 bits per heavy atom. The predicted octanol–water partition coefficient (Wildman–Crippen LogP) is 0.356. The van der Waals surface area contributed by atoms with E-state index in [1.54, 1.807) is 32.4 Å². The smallest absolute Gasteiger partial charge is 0.329 e. The molecule has 72 valence electrons. The molecule has 0 aliphatic rings. The van der Waals surface area contributed by atoms with Gasteiger partial charge < -0.3 is 4.90 Å². The number of carbonyl (C=O) groups excluding carboxylic acids is 1. The van der Waals surface area contributed by atoms with Crippen molar-refractivity contribution < 1.29 is 4.79 Å². The minimum absolute atomic E-state index is 0.258. The fraction of sp³-hybridized carbons (Fsp3) is 0.250. The Balaban J connectivity index is 2.58. The van der Waals surface area contributed by atoms with Crippen molar-refractivity contribution in [3.05, 3.63) is 18.3 Å². The summed E-state index contributed by atoms with van der Waals surface area (Å²) < 4.78 is 1.18. The van der Waals surface area contributed by atoms with Crippen LogP contribution in [0.4, 0.5) is 4.79 Å². The van der Waals surface area contributed by atoms with E-state index in [1.807, 2.05) is 0 Å². The van der Waals surface area contributed by atoms with Gasteiger partial charge in [-0.15, -0.1) is 9.78 Å². The largest absolute Gasteiger partial charge is 0.347 e. The van der Waals surface area contributed by atoms with E-state index < -0.39 is 0 Å². The zero-order valence-corrected chi connectivity index (χ0v) is 7.88. The summed E-state index contributed by atoms with van der Waals surface area (Å²) in [6.45, 7) is 0. The number of carbonyl (C=O) groups is 1. The highest BCUT2D eigenvalue weighted by Crippen LogP contribution is 2.06. The maximum Gasteiger partial charge on any atom is 0.347 e. The van der Waals surface area contributed by atoms with Crippen LogP contribution in [0.5, 0.6) is 0 Å². The Morgan fingerprint density at radius 3 is 3.00 bits per heavy atom. The van der Waals surface area contributed by atoms with Crippen LogP contribution in [0, 0.1) is 0 Å². The van der Waals surface area contributed by atoms with Gasteiger partial charge >= 0.3 is 6.03 Å². The number of hydrogen-bond acceptors (Lipinski definition) is 4. The average molecular weight is 191 g/mol. The van der Waals surface area contributed by atoms with Crippen LogP contribution in [0.25, 0.3) is 11.2 Å². The lowest BCUT2D eigenvalue weighted by Crippen LogP contribution is -2.28. The van der Waals surface area contributed by atoms with Crippen molar-refractivity contribution >= 4 is 17.2 Å². The predicted molar refractivity (Wildman–Crippen MR) is 49.8 cm³/mol. The van der Waals surface area contributed by atoms with E-state index in [0.29, 0.717) is 11.2 Å². The number of hydrogen-bond donors (Lipinski definition) is 0. The molecule has 0 aliphatic heterocycles. The highest BCUT2D eigenvalue weighted by atomic mass is 16.2. The van der Waals surface area contributed by atoms with Crippen LogP contribution in [-0.2, 0) is 0 Å². The van der Waals surface area contributed by atoms with Crippen molar-refractivity contribution in [2.24, 2.45) is 0 Å². The van der Waals surface area contributed by atoms with Gasteiger partial charge in [-0.25, -0.2) is 9.78 Å². The lowest BCUT2D eigenvalue weighted by atomic mass is 10.4. The lowest BCUT2D eigenvalue weighted by molar-refractivity contribution is 0.216. The molecule has 2 aromatic rings. The number of fused-ring (bicyclic) bond motifs is 1. The van der Waals surface area contributed by atoms with Gasteiger partial charge in [0, 0.05) is 20.3 Å². The molecule has 0 saturated heterocycles. The first kappa shape index (κ1) is 8.61. The van der Waals surface area contributed by atoms with Gasteiger partial charge in [0.1, 0.15) is 5.52 Å². The van der Waals surface area contributed by atoms with Gasteiger partial charge in [0.25, 0.3) is 0 Å². The van der Waals surface area contributed by atoms with Crippen LogP contribution >= 0.6 is 0 Å². The summed E-state index contributed by atoms with van der Waals surface area (Å²) in [5.41, 5.74) is 1.09. The minimum Gasteiger partial charge on any atom is -0.329 e. The Labute approximate surface area is 80.1 Å². The highest BCUT2D eigenvalue weighted by molar-refractivity contribution is 5.85. The number of aromatic nitrogens is 4. The molecule has 0 radical (unpaired) electrons. The summed E-state index contributed by atoms with van der Waals surface area (Å²) in [6.07, 6.45) is 1.60. The monoisotopic (exact) mass is 191 g/mol. The molecule has 0 aliphatic carbocycles. The first-order chi connectivity index (χ1) is 6.70. The quantitative estimate of drug-likeness (QED) is 0.603. The van der Waals surface area contributed by atoms with Crippen LogP contribution in [-0.4, -0.2) is 45.0 Å². The molecule has 2 aromatic heterocycles. The average Bonchev–Trinajstić information content (AvgIpc) is 2.60. The summed E-state index contributed by atoms with van der Waals surface area (Å²) in [6, 6.07) is 3.25. The molecule has 0 unspecified atom stereocenters. The molecule has 6 heteroatoms. The maximum absolute atomic E-state index is 11.6. The molecule has 6 nitrogen and oxygen atoms in total. The molecule has 0 saturated carbocycles. The van der Waals surface area contributed by atoms with Crippen LogP contribution < -0.4 is 0 Å². The second-order valence-electron chi connectivity index (χ2n) is 3.02. The van der Waals surface area contributed by atoms with Gasteiger partial charge in [-0.2, -0.15) is 0 Å². The molecule has 0 atom stereocenters. The van der Waals surface area contributed by atoms with Crippen molar-refractivity contribution in [2.45, 2.75) is 0 Å². The Kier molecular flexibility index (Phi) is 1.88. The summed E-state index contributed by atoms with van der Waals surface area (Å²) in [5, 5.41) is 7.55. The minimum atomic E-state index is -0.258. The van der Waals surface area contributed by atoms with Crippen LogP contribution in [0.1, 0.15) is 0 Å². The molecule has 0 N–H and O–H groups in total. The molecule has 0 bridgehead atoms. The number of amides is 1. The van der Waals surface area contributed by atoms with Crippen molar-refractivity contribution in [3.8, 4) is 0 Å². The molecule has 0 fully saturated rings. The van der Waals surface area contributed by atoms with Crippen LogP contribution in [0.3, 0.4) is 0 Å². The molecule has 0 spiro atoms. The van der Waals surface area contributed by atoms with Crippen LogP contribution in [0.15, 0.2) is 18.3 Å². The summed E-state index contributed by atoms with van der Waals surface area (Å²) in [4.78, 5) is 17.0. The zero-order chi connectivity index (χ0) is 10.1. The molecular weight excluding hydrogens is 182 g/mol. The van der Waals surface area contributed by atoms with Gasteiger partial charge in [0.05, 0.1) is 0 Å². The third-order valence-electron chi connectivity index (χ3n) is 1.77. The van der Waals surface area contributed by atoms with Gasteiger partial charge in [0.2, 0.25) is 0 Å². The SMILES string of the molecule is CN(C)C(=O)n1nnc2cccnc21. The first-order valence-electron chi connectivity index (χ1n) is 4.08. The van der Waals surface area contributed by atoms with E-state index in [-0.39, 0.29) is 6.03 Å². The van der Waals surface area contributed by atoms with Gasteiger partial charge in [-0.05, 0) is 12.1 Å². The fourth-order valence-corrected chi connectivity index (χ4v) is 1.08. The van der Waals surface area contributed by atoms with Gasteiger partial charge in [-0.1, -0.05) is 5.21 Å². The Bertz CT molecular complexity index is 475. The van der Waals surface area contributed by atoms with Crippen molar-refractivity contribution in [2.75, 3.05) is 14.1 Å². The normalized spacial score (nSPS) is 10.4. The van der Waals surface area contributed by atoms with Crippen molar-refractivity contribution in [3.63, 3.8) is 0 Å². The van der Waals surface area contributed by atoms with E-state index in [1.165, 1.54) is 9.58 Å². The Morgan fingerprint density at radius 2 is 2.29 bits per heavy atom. The summed E-state index contributed by atoms with van der Waals surface area (Å²) >= 11 is 0. The van der Waals surface area contributed by atoms with Crippen LogP contribution in [0.2, 0.25) is 0 Å². The molecule has 1 amide bonds. The fourth-order valence-electron chi connectivity index (χ4n) is 1.08. The first-order valence-corrected chi connectivity index (χ1v) is 4.08. The number of nitrogens with zero attached hydrogens (tertiary/aromatic N) is 5. The van der Waals surface area contributed by atoms with E-state index >= 15 is 0 Å². The van der Waals surface area contributed by atoms with E-state index in [0.717, 1.165) is 0 Å². The summed E-state index contributed by atoms with van der Waals surface area (Å²) in [5.74, 6) is 0. The molecule has 0 aromatic carbocycles. The van der Waals surface area contributed by atoms with Gasteiger partial charge in [0.15, 0.2) is 5.65 Å². The number of pyridine rings is 1. The van der Waals surface area contributed by atoms with E-state index in [4.69, 9.17) is 0 Å². The topological polar surface area (TPSA) is 63.9 Å².